The summed E-state index contributed by atoms with van der Waals surface area (Å²) in [7, 11) is 0. The Morgan fingerprint density at radius 1 is 1.20 bits per heavy atom. The molecule has 1 N–H and O–H groups in total. The van der Waals surface area contributed by atoms with Gasteiger partial charge in [0.25, 0.3) is 5.91 Å². The molecule has 30 heavy (non-hydrogen) atoms. The van der Waals surface area contributed by atoms with Crippen molar-refractivity contribution in [3.05, 3.63) is 83.2 Å². The first-order chi connectivity index (χ1) is 14.6. The molecule has 3 heterocycles. The number of carbonyl (C=O) groups excluding carboxylic acids is 1. The molecule has 1 saturated heterocycles. The summed E-state index contributed by atoms with van der Waals surface area (Å²) in [6.45, 7) is 0.175. The van der Waals surface area contributed by atoms with Gasteiger partial charge in [-0.3, -0.25) is 4.79 Å². The van der Waals surface area contributed by atoms with Crippen molar-refractivity contribution in [3.63, 3.8) is 0 Å². The van der Waals surface area contributed by atoms with Gasteiger partial charge >= 0.3 is 0 Å². The Bertz CT molecular complexity index is 1120. The van der Waals surface area contributed by atoms with Crippen LogP contribution in [0.15, 0.2) is 65.5 Å². The second-order valence-corrected chi connectivity index (χ2v) is 7.61. The average molecular weight is 426 g/mol. The number of rotatable bonds is 4. The van der Waals surface area contributed by atoms with E-state index in [0.717, 1.165) is 11.1 Å². The van der Waals surface area contributed by atoms with E-state index in [4.69, 9.17) is 16.1 Å². The molecule has 2 atom stereocenters. The summed E-state index contributed by atoms with van der Waals surface area (Å²) in [5.41, 5.74) is 4.96. The zero-order valence-electron chi connectivity index (χ0n) is 15.7. The number of amides is 1. The van der Waals surface area contributed by atoms with E-state index >= 15 is 0 Å². The van der Waals surface area contributed by atoms with E-state index in [0.29, 0.717) is 23.2 Å². The predicted octanol–water partition coefficient (Wildman–Crippen LogP) is 3.66. The lowest BCUT2D eigenvalue weighted by molar-refractivity contribution is -0.135. The summed E-state index contributed by atoms with van der Waals surface area (Å²) in [6.07, 6.45) is 4.06. The number of hydrazine groups is 1. The van der Waals surface area contributed by atoms with Gasteiger partial charge in [0.2, 0.25) is 11.7 Å². The van der Waals surface area contributed by atoms with E-state index in [1.807, 2.05) is 18.3 Å². The lowest BCUT2D eigenvalue weighted by atomic mass is 10.0. The van der Waals surface area contributed by atoms with Gasteiger partial charge in [-0.15, -0.1) is 0 Å². The molecule has 2 aromatic carbocycles. The molecule has 2 aliphatic rings. The van der Waals surface area contributed by atoms with E-state index in [1.165, 1.54) is 12.1 Å². The van der Waals surface area contributed by atoms with Crippen molar-refractivity contribution in [2.24, 2.45) is 0 Å². The van der Waals surface area contributed by atoms with Gasteiger partial charge in [0, 0.05) is 23.0 Å². The second-order valence-electron chi connectivity index (χ2n) is 7.18. The third-order valence-corrected chi connectivity index (χ3v) is 5.44. The van der Waals surface area contributed by atoms with Crippen LogP contribution in [0.3, 0.4) is 0 Å². The maximum atomic E-state index is 13.2. The highest BCUT2D eigenvalue weighted by molar-refractivity contribution is 6.30. The lowest BCUT2D eigenvalue weighted by Crippen LogP contribution is -2.47. The summed E-state index contributed by atoms with van der Waals surface area (Å²) in [5, 5.41) is 6.35. The Morgan fingerprint density at radius 3 is 2.83 bits per heavy atom. The molecule has 1 amide bonds. The van der Waals surface area contributed by atoms with Crippen LogP contribution in [0.4, 0.5) is 4.39 Å². The van der Waals surface area contributed by atoms with Crippen LogP contribution in [0.2, 0.25) is 5.02 Å². The van der Waals surface area contributed by atoms with E-state index in [2.05, 4.69) is 15.6 Å². The van der Waals surface area contributed by atoms with Gasteiger partial charge in [-0.2, -0.15) is 4.98 Å². The molecule has 2 aliphatic heterocycles. The van der Waals surface area contributed by atoms with Gasteiger partial charge in [0.1, 0.15) is 18.4 Å². The van der Waals surface area contributed by atoms with Gasteiger partial charge in [-0.05, 0) is 36.2 Å². The summed E-state index contributed by atoms with van der Waals surface area (Å²) >= 11 is 6.01. The number of carbonyl (C=O) groups is 1. The average Bonchev–Trinajstić information content (AvgIpc) is 3.38. The maximum absolute atomic E-state index is 13.2. The predicted molar refractivity (Wildman–Crippen MR) is 107 cm³/mol. The van der Waals surface area contributed by atoms with Crippen molar-refractivity contribution in [2.75, 3.05) is 0 Å². The molecule has 152 valence electrons. The summed E-state index contributed by atoms with van der Waals surface area (Å²) in [4.78, 5) is 18.9. The summed E-state index contributed by atoms with van der Waals surface area (Å²) < 4.78 is 18.5. The van der Waals surface area contributed by atoms with Crippen LogP contribution in [0.1, 0.15) is 23.9 Å². The first-order valence-corrected chi connectivity index (χ1v) is 9.82. The standard InChI is InChI=1S/C21H17ClFN5O2/c22-15-3-1-2-14(10-15)20-24-19(30-26-20)12-27-8-9-28-18(21(27)29)11-17(25-28)13-4-6-16(23)7-5-13/h1-10,17-18,25H,11-12H2. The highest BCUT2D eigenvalue weighted by Crippen LogP contribution is 2.31. The zero-order chi connectivity index (χ0) is 20.7. The Morgan fingerprint density at radius 2 is 2.03 bits per heavy atom. The molecule has 0 aliphatic carbocycles. The highest BCUT2D eigenvalue weighted by Gasteiger charge is 2.40. The van der Waals surface area contributed by atoms with E-state index in [-0.39, 0.29) is 30.4 Å². The molecule has 2 unspecified atom stereocenters. The van der Waals surface area contributed by atoms with Crippen LogP contribution in [0.5, 0.6) is 0 Å². The maximum Gasteiger partial charge on any atom is 0.251 e. The molecule has 3 aromatic rings. The van der Waals surface area contributed by atoms with Crippen molar-refractivity contribution in [2.45, 2.75) is 25.0 Å². The van der Waals surface area contributed by atoms with Crippen LogP contribution in [-0.2, 0) is 11.3 Å². The first kappa shape index (κ1) is 18.8. The Balaban J connectivity index is 1.28. The van der Waals surface area contributed by atoms with Crippen molar-refractivity contribution < 1.29 is 13.7 Å². The van der Waals surface area contributed by atoms with Gasteiger partial charge in [0.05, 0.1) is 6.04 Å². The Hall–Kier alpha value is -3.23. The SMILES string of the molecule is O=C1C2CC(c3ccc(F)cc3)NN2C=CN1Cc1nc(-c2cccc(Cl)c2)no1. The lowest BCUT2D eigenvalue weighted by Gasteiger charge is -2.30. The van der Waals surface area contributed by atoms with E-state index in [9.17, 15) is 9.18 Å². The third kappa shape index (κ3) is 3.55. The van der Waals surface area contributed by atoms with Gasteiger partial charge in [0.15, 0.2) is 0 Å². The van der Waals surface area contributed by atoms with Gasteiger partial charge < -0.3 is 14.4 Å². The normalized spacial score (nSPS) is 20.7. The molecule has 0 radical (unpaired) electrons. The van der Waals surface area contributed by atoms with Crippen LogP contribution in [0.25, 0.3) is 11.4 Å². The fourth-order valence-corrected chi connectivity index (χ4v) is 3.88. The quantitative estimate of drug-likeness (QED) is 0.687. The molecule has 0 spiro atoms. The number of hydrogen-bond acceptors (Lipinski definition) is 6. The van der Waals surface area contributed by atoms with E-state index in [1.54, 1.807) is 40.4 Å². The molecular weight excluding hydrogens is 409 g/mol. The minimum Gasteiger partial charge on any atom is -0.337 e. The third-order valence-electron chi connectivity index (χ3n) is 5.20. The second kappa shape index (κ2) is 7.55. The number of benzene rings is 2. The zero-order valence-corrected chi connectivity index (χ0v) is 16.5. The molecule has 5 rings (SSSR count). The number of nitrogens with zero attached hydrogens (tertiary/aromatic N) is 4. The number of halogens is 2. The Labute approximate surface area is 176 Å². The van der Waals surface area contributed by atoms with E-state index < -0.39 is 0 Å². The van der Waals surface area contributed by atoms with Gasteiger partial charge in [-0.25, -0.2) is 9.82 Å². The number of aromatic nitrogens is 2. The number of nitrogens with one attached hydrogen (secondary N) is 1. The molecule has 1 fully saturated rings. The van der Waals surface area contributed by atoms with Crippen molar-refractivity contribution in [1.29, 1.82) is 0 Å². The first-order valence-electron chi connectivity index (χ1n) is 9.44. The minimum absolute atomic E-state index is 0.0676. The summed E-state index contributed by atoms with van der Waals surface area (Å²) in [6, 6.07) is 13.0. The molecule has 0 bridgehead atoms. The highest BCUT2D eigenvalue weighted by atomic mass is 35.5. The molecule has 1 aromatic heterocycles. The molecule has 9 heteroatoms. The number of fused-ring (bicyclic) bond motifs is 1. The largest absolute Gasteiger partial charge is 0.337 e. The fraction of sp³-hybridized carbons (Fsp3) is 0.190. The van der Waals surface area contributed by atoms with Crippen LogP contribution >= 0.6 is 11.6 Å². The Kier molecular flexibility index (Phi) is 4.72. The van der Waals surface area contributed by atoms with Crippen LogP contribution in [-0.4, -0.2) is 32.0 Å². The smallest absolute Gasteiger partial charge is 0.251 e. The molecule has 0 saturated carbocycles. The summed E-state index contributed by atoms with van der Waals surface area (Å²) in [5.74, 6) is 0.393. The monoisotopic (exact) mass is 425 g/mol. The van der Waals surface area contributed by atoms with Gasteiger partial charge in [-0.1, -0.05) is 41.0 Å². The topological polar surface area (TPSA) is 74.5 Å². The molecular formula is C21H17ClFN5O2. The van der Waals surface area contributed by atoms with Crippen molar-refractivity contribution in [3.8, 4) is 11.4 Å². The van der Waals surface area contributed by atoms with Crippen LogP contribution < -0.4 is 5.43 Å². The van der Waals surface area contributed by atoms with Crippen molar-refractivity contribution in [1.82, 2.24) is 25.5 Å². The van der Waals surface area contributed by atoms with Crippen molar-refractivity contribution >= 4 is 17.5 Å². The minimum atomic E-state index is -0.361. The number of hydrogen-bond donors (Lipinski definition) is 1. The fourth-order valence-electron chi connectivity index (χ4n) is 3.69. The van der Waals surface area contributed by atoms with Crippen LogP contribution in [0, 0.1) is 5.82 Å². The molecule has 7 nitrogen and oxygen atoms in total.